The lowest BCUT2D eigenvalue weighted by atomic mass is 10.1. The van der Waals surface area contributed by atoms with Gasteiger partial charge in [-0.1, -0.05) is 0 Å². The summed E-state index contributed by atoms with van der Waals surface area (Å²) in [5.74, 6) is 0. The number of piperidine rings is 1. The summed E-state index contributed by atoms with van der Waals surface area (Å²) in [7, 11) is -3.81. The van der Waals surface area contributed by atoms with Crippen LogP contribution in [0.25, 0.3) is 0 Å². The SMILES string of the molecule is Cc1cc(C(F)(F)F)ccc1S(=O)(=O)NC1CCCNC1.Cl. The van der Waals surface area contributed by atoms with Crippen molar-refractivity contribution in [1.29, 1.82) is 0 Å². The second-order valence-corrected chi connectivity index (χ2v) is 6.83. The van der Waals surface area contributed by atoms with Crippen LogP contribution in [-0.2, 0) is 16.2 Å². The highest BCUT2D eigenvalue weighted by atomic mass is 35.5. The molecule has 0 amide bonds. The van der Waals surface area contributed by atoms with Gasteiger partial charge in [-0.05, 0) is 50.1 Å². The molecule has 1 aromatic rings. The number of sulfonamides is 1. The fourth-order valence-corrected chi connectivity index (χ4v) is 3.86. The van der Waals surface area contributed by atoms with Gasteiger partial charge in [0.25, 0.3) is 0 Å². The highest BCUT2D eigenvalue weighted by Gasteiger charge is 2.32. The zero-order valence-corrected chi connectivity index (χ0v) is 13.5. The topological polar surface area (TPSA) is 58.2 Å². The zero-order valence-electron chi connectivity index (χ0n) is 11.9. The molecule has 1 aliphatic heterocycles. The van der Waals surface area contributed by atoms with Gasteiger partial charge in [-0.2, -0.15) is 13.2 Å². The third-order valence-corrected chi connectivity index (χ3v) is 5.09. The van der Waals surface area contributed by atoms with Crippen molar-refractivity contribution < 1.29 is 21.6 Å². The van der Waals surface area contributed by atoms with Crippen molar-refractivity contribution >= 4 is 22.4 Å². The van der Waals surface area contributed by atoms with Crippen molar-refractivity contribution in [2.45, 2.75) is 36.9 Å². The number of nitrogens with one attached hydrogen (secondary N) is 2. The lowest BCUT2D eigenvalue weighted by Gasteiger charge is -2.24. The molecule has 0 aliphatic carbocycles. The van der Waals surface area contributed by atoms with Gasteiger partial charge in [-0.15, -0.1) is 12.4 Å². The first-order valence-electron chi connectivity index (χ1n) is 6.61. The first-order valence-corrected chi connectivity index (χ1v) is 8.09. The van der Waals surface area contributed by atoms with E-state index < -0.39 is 21.8 Å². The highest BCUT2D eigenvalue weighted by Crippen LogP contribution is 2.31. The Bertz CT molecular complexity index is 614. The summed E-state index contributed by atoms with van der Waals surface area (Å²) in [6.07, 6.45) is -2.90. The lowest BCUT2D eigenvalue weighted by Crippen LogP contribution is -2.45. The molecule has 126 valence electrons. The molecule has 1 fully saturated rings. The summed E-state index contributed by atoms with van der Waals surface area (Å²) >= 11 is 0. The summed E-state index contributed by atoms with van der Waals surface area (Å²) in [4.78, 5) is -0.110. The van der Waals surface area contributed by atoms with E-state index in [1.165, 1.54) is 6.92 Å². The summed E-state index contributed by atoms with van der Waals surface area (Å²) in [5, 5.41) is 3.08. The van der Waals surface area contributed by atoms with E-state index in [1.54, 1.807) is 0 Å². The molecule has 0 radical (unpaired) electrons. The molecule has 2 rings (SSSR count). The third-order valence-electron chi connectivity index (χ3n) is 3.41. The van der Waals surface area contributed by atoms with E-state index in [0.29, 0.717) is 13.0 Å². The number of benzene rings is 1. The number of hydrogen-bond acceptors (Lipinski definition) is 3. The smallest absolute Gasteiger partial charge is 0.315 e. The molecule has 1 saturated heterocycles. The maximum Gasteiger partial charge on any atom is 0.416 e. The molecule has 4 nitrogen and oxygen atoms in total. The van der Waals surface area contributed by atoms with Gasteiger partial charge >= 0.3 is 6.18 Å². The fourth-order valence-electron chi connectivity index (χ4n) is 2.36. The van der Waals surface area contributed by atoms with Crippen LogP contribution in [0.4, 0.5) is 13.2 Å². The summed E-state index contributed by atoms with van der Waals surface area (Å²) in [5.41, 5.74) is -0.764. The monoisotopic (exact) mass is 358 g/mol. The van der Waals surface area contributed by atoms with Crippen LogP contribution in [-0.4, -0.2) is 27.5 Å². The average molecular weight is 359 g/mol. The van der Waals surface area contributed by atoms with Gasteiger partial charge in [0.1, 0.15) is 0 Å². The molecule has 1 aliphatic rings. The number of hydrogen-bond donors (Lipinski definition) is 2. The predicted molar refractivity (Wildman–Crippen MR) is 79.6 cm³/mol. The molecule has 1 unspecified atom stereocenters. The van der Waals surface area contributed by atoms with Crippen LogP contribution in [0.1, 0.15) is 24.0 Å². The minimum Gasteiger partial charge on any atom is -0.315 e. The zero-order chi connectivity index (χ0) is 15.7. The number of rotatable bonds is 3. The molecule has 0 saturated carbocycles. The number of aryl methyl sites for hydroxylation is 1. The van der Waals surface area contributed by atoms with Gasteiger partial charge in [0.2, 0.25) is 10.0 Å². The van der Waals surface area contributed by atoms with Crippen LogP contribution < -0.4 is 10.0 Å². The van der Waals surface area contributed by atoms with Crippen LogP contribution in [0.15, 0.2) is 23.1 Å². The van der Waals surface area contributed by atoms with Gasteiger partial charge in [-0.25, -0.2) is 13.1 Å². The minimum atomic E-state index is -4.48. The molecule has 2 N–H and O–H groups in total. The van der Waals surface area contributed by atoms with Crippen LogP contribution in [0.2, 0.25) is 0 Å². The predicted octanol–water partition coefficient (Wildman–Crippen LogP) is 2.47. The molecular formula is C13H18ClF3N2O2S. The van der Waals surface area contributed by atoms with Crippen LogP contribution in [0.3, 0.4) is 0 Å². The molecule has 9 heteroatoms. The van der Waals surface area contributed by atoms with Crippen molar-refractivity contribution in [3.63, 3.8) is 0 Å². The van der Waals surface area contributed by atoms with Gasteiger partial charge in [-0.3, -0.25) is 0 Å². The maximum absolute atomic E-state index is 12.6. The molecule has 0 spiro atoms. The normalized spacial score (nSPS) is 19.5. The van der Waals surface area contributed by atoms with E-state index in [2.05, 4.69) is 10.0 Å². The van der Waals surface area contributed by atoms with Gasteiger partial charge in [0.15, 0.2) is 0 Å². The Morgan fingerprint density at radius 3 is 2.50 bits per heavy atom. The van der Waals surface area contributed by atoms with Gasteiger partial charge in [0.05, 0.1) is 10.5 Å². The van der Waals surface area contributed by atoms with Crippen molar-refractivity contribution in [3.8, 4) is 0 Å². The summed E-state index contributed by atoms with van der Waals surface area (Å²) in [6, 6.07) is 2.43. The highest BCUT2D eigenvalue weighted by molar-refractivity contribution is 7.89. The Morgan fingerprint density at radius 2 is 2.00 bits per heavy atom. The van der Waals surface area contributed by atoms with Crippen LogP contribution in [0, 0.1) is 6.92 Å². The first kappa shape index (κ1) is 19.2. The quantitative estimate of drug-likeness (QED) is 0.872. The molecule has 22 heavy (non-hydrogen) atoms. The van der Waals surface area contributed by atoms with E-state index in [1.807, 2.05) is 0 Å². The fraction of sp³-hybridized carbons (Fsp3) is 0.538. The first-order chi connectivity index (χ1) is 9.70. The third kappa shape index (κ3) is 4.58. The Balaban J connectivity index is 0.00000242. The van der Waals surface area contributed by atoms with Gasteiger partial charge in [0, 0.05) is 12.6 Å². The Kier molecular flexibility index (Phi) is 6.26. The second kappa shape index (κ2) is 7.16. The summed E-state index contributed by atoms with van der Waals surface area (Å²) < 4.78 is 64.8. The number of halogens is 4. The largest absolute Gasteiger partial charge is 0.416 e. The molecule has 1 aromatic carbocycles. The Labute approximate surface area is 133 Å². The molecule has 0 bridgehead atoms. The minimum absolute atomic E-state index is 0. The van der Waals surface area contributed by atoms with Crippen molar-refractivity contribution in [3.05, 3.63) is 29.3 Å². The van der Waals surface area contributed by atoms with Crippen molar-refractivity contribution in [1.82, 2.24) is 10.0 Å². The Hall–Kier alpha value is -0.830. The molecule has 1 heterocycles. The molecule has 1 atom stereocenters. The van der Waals surface area contributed by atoms with E-state index in [4.69, 9.17) is 0 Å². The van der Waals surface area contributed by atoms with E-state index in [9.17, 15) is 21.6 Å². The number of alkyl halides is 3. The molecule has 0 aromatic heterocycles. The molecular weight excluding hydrogens is 341 g/mol. The van der Waals surface area contributed by atoms with E-state index in [-0.39, 0.29) is 28.9 Å². The average Bonchev–Trinajstić information content (AvgIpc) is 2.37. The van der Waals surface area contributed by atoms with E-state index in [0.717, 1.165) is 31.2 Å². The maximum atomic E-state index is 12.6. The van der Waals surface area contributed by atoms with Crippen molar-refractivity contribution in [2.24, 2.45) is 0 Å². The van der Waals surface area contributed by atoms with Gasteiger partial charge < -0.3 is 5.32 Å². The second-order valence-electron chi connectivity index (χ2n) is 5.14. The standard InChI is InChI=1S/C13H17F3N2O2S.ClH/c1-9-7-10(13(14,15)16)4-5-12(9)21(19,20)18-11-3-2-6-17-8-11;/h4-5,7,11,17-18H,2-3,6,8H2,1H3;1H. The van der Waals surface area contributed by atoms with Crippen LogP contribution >= 0.6 is 12.4 Å². The Morgan fingerprint density at radius 1 is 1.32 bits per heavy atom. The van der Waals surface area contributed by atoms with E-state index >= 15 is 0 Å². The lowest BCUT2D eigenvalue weighted by molar-refractivity contribution is -0.137. The summed E-state index contributed by atoms with van der Waals surface area (Å²) in [6.45, 7) is 2.74. The van der Waals surface area contributed by atoms with Crippen LogP contribution in [0.5, 0.6) is 0 Å². The van der Waals surface area contributed by atoms with Crippen molar-refractivity contribution in [2.75, 3.05) is 13.1 Å².